The molecule has 0 amide bonds. The van der Waals surface area contributed by atoms with Gasteiger partial charge >= 0.3 is 0 Å². The minimum atomic E-state index is 0.590. The Morgan fingerprint density at radius 2 is 0.440 bits per heavy atom. The van der Waals surface area contributed by atoms with Crippen LogP contribution in [0.25, 0.3) is 178 Å². The molecule has 0 fully saturated rings. The van der Waals surface area contributed by atoms with Crippen LogP contribution in [0.1, 0.15) is 0 Å². The normalized spacial score (nSPS) is 11.6. The third-order valence-corrected chi connectivity index (χ3v) is 19.2. The van der Waals surface area contributed by atoms with Crippen molar-refractivity contribution < 1.29 is 0 Å². The van der Waals surface area contributed by atoms with Crippen LogP contribution in [-0.2, 0) is 0 Å². The highest BCUT2D eigenvalue weighted by molar-refractivity contribution is 6.12. The van der Waals surface area contributed by atoms with Crippen LogP contribution in [0.15, 0.2) is 352 Å². The van der Waals surface area contributed by atoms with Crippen molar-refractivity contribution in [3.05, 3.63) is 352 Å². The van der Waals surface area contributed by atoms with Gasteiger partial charge in [0.25, 0.3) is 0 Å². The van der Waals surface area contributed by atoms with E-state index in [1.807, 2.05) is 60.7 Å². The highest BCUT2D eigenvalue weighted by Gasteiger charge is 2.22. The Labute approximate surface area is 575 Å². The number of benzene rings is 14. The van der Waals surface area contributed by atoms with E-state index in [0.717, 1.165) is 88.7 Å². The van der Waals surface area contributed by atoms with Gasteiger partial charge in [-0.3, -0.25) is 9.13 Å². The van der Waals surface area contributed by atoms with Crippen LogP contribution in [0, 0.1) is 0 Å². The molecule has 20 aromatic rings. The Morgan fingerprint density at radius 1 is 0.170 bits per heavy atom. The maximum atomic E-state index is 5.14. The molecule has 0 unspecified atom stereocenters. The van der Waals surface area contributed by atoms with Gasteiger partial charge in [0.05, 0.1) is 49.8 Å². The predicted octanol–water partition coefficient (Wildman–Crippen LogP) is 22.1. The number of aromatic nitrogens is 10. The standard InChI is InChI=1S/2C45H29N5/c1-2-14-31(15-3-1)43-46-44(48-45(47-43)50-41-24-12-7-19-36(41)37-20-8-13-25-42(37)50)32-28-26-30(27-29-32)33-16-4-9-21-38(33)49-39-22-10-5-17-34(39)35-18-6-11-23-40(35)49;1-2-13-31(14-3-1)43-46-44(48-45(47-43)50-41-23-10-6-19-37(41)38-20-7-11-24-42(38)50)32-27-25-30(26-28-32)33-15-12-16-34(29-33)49-39-21-8-4-17-35(39)36-18-5-9-22-40(36)49/h2*1-29H. The van der Waals surface area contributed by atoms with Crippen LogP contribution in [0.2, 0.25) is 0 Å². The molecule has 0 aliphatic heterocycles. The number of para-hydroxylation sites is 9. The summed E-state index contributed by atoms with van der Waals surface area (Å²) in [6, 6.07) is 123. The van der Waals surface area contributed by atoms with E-state index in [0.29, 0.717) is 35.2 Å². The molecule has 10 heteroatoms. The molecule has 14 aromatic carbocycles. The highest BCUT2D eigenvalue weighted by atomic mass is 15.2. The SMILES string of the molecule is c1ccc(-c2nc(-c3ccc(-c4cccc(-n5c6ccccc6c6ccccc65)c4)cc3)nc(-n3c4ccccc4c4ccccc43)n2)cc1.c1ccc(-c2nc(-c3ccc(-c4ccccc4-n4c5ccccc5c5ccccc54)cc3)nc(-n3c4ccccc4c4ccccc43)n2)cc1. The molecule has 0 spiro atoms. The molecule has 0 N–H and O–H groups in total. The van der Waals surface area contributed by atoms with Crippen molar-refractivity contribution in [2.75, 3.05) is 0 Å². The topological polar surface area (TPSA) is 97.1 Å². The van der Waals surface area contributed by atoms with Crippen LogP contribution in [0.4, 0.5) is 0 Å². The minimum absolute atomic E-state index is 0.590. The van der Waals surface area contributed by atoms with Gasteiger partial charge in [-0.25, -0.2) is 9.97 Å². The summed E-state index contributed by atoms with van der Waals surface area (Å²) in [7, 11) is 0. The van der Waals surface area contributed by atoms with Crippen molar-refractivity contribution in [2.24, 2.45) is 0 Å². The molecule has 468 valence electrons. The van der Waals surface area contributed by atoms with Gasteiger partial charge in [0.1, 0.15) is 0 Å². The van der Waals surface area contributed by atoms with Gasteiger partial charge in [-0.05, 0) is 83.4 Å². The number of nitrogens with zero attached hydrogens (tertiary/aromatic N) is 10. The summed E-state index contributed by atoms with van der Waals surface area (Å²) in [5.74, 6) is 3.70. The molecule has 20 rings (SSSR count). The number of fused-ring (bicyclic) bond motifs is 12. The molecule has 0 saturated carbocycles. The lowest BCUT2D eigenvalue weighted by Gasteiger charge is -2.14. The van der Waals surface area contributed by atoms with Gasteiger partial charge in [-0.1, -0.05) is 285 Å². The van der Waals surface area contributed by atoms with Crippen molar-refractivity contribution in [3.63, 3.8) is 0 Å². The van der Waals surface area contributed by atoms with E-state index in [9.17, 15) is 0 Å². The second-order valence-electron chi connectivity index (χ2n) is 25.0. The van der Waals surface area contributed by atoms with Crippen molar-refractivity contribution in [2.45, 2.75) is 0 Å². The van der Waals surface area contributed by atoms with Crippen LogP contribution < -0.4 is 0 Å². The zero-order valence-electron chi connectivity index (χ0n) is 54.0. The van der Waals surface area contributed by atoms with Crippen molar-refractivity contribution >= 4 is 87.2 Å². The molecule has 100 heavy (non-hydrogen) atoms. The smallest absolute Gasteiger partial charge is 0.238 e. The molecule has 0 aliphatic carbocycles. The number of rotatable bonds is 10. The monoisotopic (exact) mass is 1280 g/mol. The molecule has 10 nitrogen and oxygen atoms in total. The summed E-state index contributed by atoms with van der Waals surface area (Å²) in [6.07, 6.45) is 0. The van der Waals surface area contributed by atoms with E-state index in [2.05, 4.69) is 309 Å². The van der Waals surface area contributed by atoms with E-state index in [-0.39, 0.29) is 0 Å². The average Bonchev–Trinajstić information content (AvgIpc) is 1.59. The Bertz CT molecular complexity index is 6310. The quantitative estimate of drug-likeness (QED) is 0.135. The van der Waals surface area contributed by atoms with Gasteiger partial charge in [0.2, 0.25) is 11.9 Å². The maximum absolute atomic E-state index is 5.14. The largest absolute Gasteiger partial charge is 0.309 e. The van der Waals surface area contributed by atoms with Gasteiger partial charge < -0.3 is 9.13 Å². The molecule has 0 saturated heterocycles. The second kappa shape index (κ2) is 24.2. The molecule has 6 aromatic heterocycles. The third kappa shape index (κ3) is 9.88. The van der Waals surface area contributed by atoms with Crippen LogP contribution in [0.3, 0.4) is 0 Å². The van der Waals surface area contributed by atoms with Crippen molar-refractivity contribution in [1.82, 2.24) is 48.2 Å². The van der Waals surface area contributed by atoms with Gasteiger partial charge in [-0.15, -0.1) is 0 Å². The zero-order chi connectivity index (χ0) is 66.0. The van der Waals surface area contributed by atoms with Crippen molar-refractivity contribution in [3.8, 4) is 91.1 Å². The summed E-state index contributed by atoms with van der Waals surface area (Å²) in [5, 5.41) is 9.66. The summed E-state index contributed by atoms with van der Waals surface area (Å²) >= 11 is 0. The lowest BCUT2D eigenvalue weighted by Crippen LogP contribution is -2.06. The van der Waals surface area contributed by atoms with Crippen molar-refractivity contribution in [1.29, 1.82) is 0 Å². The van der Waals surface area contributed by atoms with E-state index >= 15 is 0 Å². The van der Waals surface area contributed by atoms with E-state index < -0.39 is 0 Å². The lowest BCUT2D eigenvalue weighted by molar-refractivity contribution is 0.953. The fourth-order valence-corrected chi connectivity index (χ4v) is 14.6. The lowest BCUT2D eigenvalue weighted by atomic mass is 10.0. The Hall–Kier alpha value is -13.7. The van der Waals surface area contributed by atoms with Gasteiger partial charge in [-0.2, -0.15) is 19.9 Å². The first kappa shape index (κ1) is 57.7. The van der Waals surface area contributed by atoms with E-state index in [1.54, 1.807) is 0 Å². The summed E-state index contributed by atoms with van der Waals surface area (Å²) in [5.41, 5.74) is 19.5. The van der Waals surface area contributed by atoms with Gasteiger partial charge in [0, 0.05) is 76.6 Å². The summed E-state index contributed by atoms with van der Waals surface area (Å²) < 4.78 is 9.04. The number of hydrogen-bond donors (Lipinski definition) is 0. The van der Waals surface area contributed by atoms with E-state index in [1.165, 1.54) is 54.4 Å². The minimum Gasteiger partial charge on any atom is -0.309 e. The maximum Gasteiger partial charge on any atom is 0.238 e. The molecule has 0 radical (unpaired) electrons. The molecular formula is C90H58N10. The molecule has 0 bridgehead atoms. The molecular weight excluding hydrogens is 1220 g/mol. The fourth-order valence-electron chi connectivity index (χ4n) is 14.6. The summed E-state index contributed by atoms with van der Waals surface area (Å²) in [4.78, 5) is 30.4. The molecule has 0 atom stereocenters. The third-order valence-electron chi connectivity index (χ3n) is 19.2. The Kier molecular flexibility index (Phi) is 14.0. The predicted molar refractivity (Wildman–Crippen MR) is 410 cm³/mol. The Morgan fingerprint density at radius 3 is 0.810 bits per heavy atom. The first-order valence-corrected chi connectivity index (χ1v) is 33.6. The molecule has 0 aliphatic rings. The second-order valence-corrected chi connectivity index (χ2v) is 25.0. The fraction of sp³-hybridized carbons (Fsp3) is 0. The van der Waals surface area contributed by atoms with Crippen LogP contribution in [0.5, 0.6) is 0 Å². The average molecular weight is 1280 g/mol. The first-order chi connectivity index (χ1) is 49.6. The van der Waals surface area contributed by atoms with Crippen LogP contribution >= 0.6 is 0 Å². The highest BCUT2D eigenvalue weighted by Crippen LogP contribution is 2.40. The number of hydrogen-bond acceptors (Lipinski definition) is 6. The summed E-state index contributed by atoms with van der Waals surface area (Å²) in [6.45, 7) is 0. The molecule has 6 heterocycles. The van der Waals surface area contributed by atoms with Gasteiger partial charge in [0.15, 0.2) is 23.3 Å². The zero-order valence-corrected chi connectivity index (χ0v) is 54.0. The first-order valence-electron chi connectivity index (χ1n) is 33.6. The van der Waals surface area contributed by atoms with Crippen LogP contribution in [-0.4, -0.2) is 48.2 Å². The Balaban J connectivity index is 0.000000139. The van der Waals surface area contributed by atoms with E-state index in [4.69, 9.17) is 29.9 Å².